The third-order valence-corrected chi connectivity index (χ3v) is 4.32. The van der Waals surface area contributed by atoms with Crippen LogP contribution in [0.3, 0.4) is 0 Å². The summed E-state index contributed by atoms with van der Waals surface area (Å²) in [6.07, 6.45) is 2.44. The zero-order chi connectivity index (χ0) is 14.3. The summed E-state index contributed by atoms with van der Waals surface area (Å²) in [7, 11) is -1.65. The van der Waals surface area contributed by atoms with Gasteiger partial charge in [-0.1, -0.05) is 25.1 Å². The standard InChI is InChI=1S/C14H21NO3S/c1-4-5-12(2)11-19(16,17)15-10-13-6-8-14(18-3)9-7-13/h4,6-9,12,15H,1,5,10-11H2,2-3H3. The largest absolute Gasteiger partial charge is 0.497 e. The SMILES string of the molecule is C=CCC(C)CS(=O)(=O)NCc1ccc(OC)cc1. The fraction of sp³-hybridized carbons (Fsp3) is 0.429. The fourth-order valence-electron chi connectivity index (χ4n) is 1.72. The van der Waals surface area contributed by atoms with Crippen LogP contribution in [0.15, 0.2) is 36.9 Å². The van der Waals surface area contributed by atoms with Gasteiger partial charge in [-0.3, -0.25) is 0 Å². The van der Waals surface area contributed by atoms with Gasteiger partial charge in [0.1, 0.15) is 5.75 Å². The van der Waals surface area contributed by atoms with Crippen molar-refractivity contribution in [2.75, 3.05) is 12.9 Å². The Morgan fingerprint density at radius 1 is 1.37 bits per heavy atom. The third-order valence-electron chi connectivity index (χ3n) is 2.73. The van der Waals surface area contributed by atoms with Gasteiger partial charge in [-0.15, -0.1) is 6.58 Å². The molecule has 0 heterocycles. The van der Waals surface area contributed by atoms with Crippen LogP contribution in [0.4, 0.5) is 0 Å². The molecular formula is C14H21NO3S. The molecule has 1 atom stereocenters. The first-order valence-electron chi connectivity index (χ1n) is 6.18. The van der Waals surface area contributed by atoms with Gasteiger partial charge in [0.05, 0.1) is 12.9 Å². The van der Waals surface area contributed by atoms with Crippen molar-refractivity contribution >= 4 is 10.0 Å². The van der Waals surface area contributed by atoms with E-state index >= 15 is 0 Å². The minimum Gasteiger partial charge on any atom is -0.497 e. The predicted octanol–water partition coefficient (Wildman–Crippen LogP) is 2.33. The summed E-state index contributed by atoms with van der Waals surface area (Å²) in [5, 5.41) is 0. The lowest BCUT2D eigenvalue weighted by atomic mass is 10.1. The molecule has 106 valence electrons. The number of allylic oxidation sites excluding steroid dienone is 1. The number of benzene rings is 1. The molecule has 0 spiro atoms. The van der Waals surface area contributed by atoms with E-state index in [4.69, 9.17) is 4.74 Å². The van der Waals surface area contributed by atoms with E-state index in [0.717, 1.165) is 11.3 Å². The Morgan fingerprint density at radius 2 is 2.00 bits per heavy atom. The van der Waals surface area contributed by atoms with Crippen molar-refractivity contribution < 1.29 is 13.2 Å². The number of methoxy groups -OCH3 is 1. The monoisotopic (exact) mass is 283 g/mol. The number of rotatable bonds is 8. The molecule has 4 nitrogen and oxygen atoms in total. The number of ether oxygens (including phenoxy) is 1. The lowest BCUT2D eigenvalue weighted by Crippen LogP contribution is -2.28. The summed E-state index contributed by atoms with van der Waals surface area (Å²) in [6, 6.07) is 7.30. The maximum atomic E-state index is 11.8. The highest BCUT2D eigenvalue weighted by Crippen LogP contribution is 2.12. The minimum atomic E-state index is -3.25. The Morgan fingerprint density at radius 3 is 2.53 bits per heavy atom. The second kappa shape index (κ2) is 7.31. The molecule has 5 heteroatoms. The first kappa shape index (κ1) is 15.7. The highest BCUT2D eigenvalue weighted by atomic mass is 32.2. The maximum absolute atomic E-state index is 11.8. The number of hydrogen-bond donors (Lipinski definition) is 1. The van der Waals surface area contributed by atoms with Crippen LogP contribution in [0, 0.1) is 5.92 Å². The van der Waals surface area contributed by atoms with Crippen LogP contribution in [0.2, 0.25) is 0 Å². The normalized spacial score (nSPS) is 12.9. The highest BCUT2D eigenvalue weighted by Gasteiger charge is 2.14. The van der Waals surface area contributed by atoms with E-state index < -0.39 is 10.0 Å². The smallest absolute Gasteiger partial charge is 0.212 e. The summed E-state index contributed by atoms with van der Waals surface area (Å²) in [5.74, 6) is 0.951. The molecule has 1 unspecified atom stereocenters. The van der Waals surface area contributed by atoms with Gasteiger partial charge in [-0.05, 0) is 30.0 Å². The average Bonchev–Trinajstić information content (AvgIpc) is 2.37. The van der Waals surface area contributed by atoms with Gasteiger partial charge in [-0.25, -0.2) is 13.1 Å². The van der Waals surface area contributed by atoms with Crippen molar-refractivity contribution in [2.45, 2.75) is 19.9 Å². The Labute approximate surface area is 115 Å². The van der Waals surface area contributed by atoms with Crippen molar-refractivity contribution in [3.05, 3.63) is 42.5 Å². The van der Waals surface area contributed by atoms with E-state index in [1.807, 2.05) is 31.2 Å². The van der Waals surface area contributed by atoms with Gasteiger partial charge >= 0.3 is 0 Å². The van der Waals surface area contributed by atoms with Gasteiger partial charge in [0.2, 0.25) is 10.0 Å². The number of sulfonamides is 1. The Balaban J connectivity index is 2.52. The summed E-state index contributed by atoms with van der Waals surface area (Å²) < 4.78 is 31.3. The predicted molar refractivity (Wildman–Crippen MR) is 77.6 cm³/mol. The summed E-state index contributed by atoms with van der Waals surface area (Å²) >= 11 is 0. The molecule has 0 aliphatic heterocycles. The van der Waals surface area contributed by atoms with Crippen molar-refractivity contribution in [3.8, 4) is 5.75 Å². The average molecular weight is 283 g/mol. The number of nitrogens with one attached hydrogen (secondary N) is 1. The molecule has 0 amide bonds. The van der Waals surface area contributed by atoms with E-state index in [2.05, 4.69) is 11.3 Å². The van der Waals surface area contributed by atoms with Crippen LogP contribution in [0.1, 0.15) is 18.9 Å². The van der Waals surface area contributed by atoms with E-state index in [-0.39, 0.29) is 11.7 Å². The molecule has 1 aromatic rings. The quantitative estimate of drug-likeness (QED) is 0.745. The lowest BCUT2D eigenvalue weighted by molar-refractivity contribution is 0.414. The topological polar surface area (TPSA) is 55.4 Å². The Kier molecular flexibility index (Phi) is 6.05. The van der Waals surface area contributed by atoms with Crippen LogP contribution in [0.25, 0.3) is 0 Å². The molecule has 0 saturated heterocycles. The molecule has 0 fully saturated rings. The molecule has 0 bridgehead atoms. The van der Waals surface area contributed by atoms with Crippen molar-refractivity contribution in [3.63, 3.8) is 0 Å². The number of hydrogen-bond acceptors (Lipinski definition) is 3. The third kappa shape index (κ3) is 5.89. The Hall–Kier alpha value is -1.33. The maximum Gasteiger partial charge on any atom is 0.212 e. The van der Waals surface area contributed by atoms with Crippen molar-refractivity contribution in [2.24, 2.45) is 5.92 Å². The fourth-order valence-corrected chi connectivity index (χ4v) is 3.11. The van der Waals surface area contributed by atoms with Crippen LogP contribution in [-0.2, 0) is 16.6 Å². The second-order valence-electron chi connectivity index (χ2n) is 4.58. The molecule has 0 aliphatic carbocycles. The van der Waals surface area contributed by atoms with E-state index in [0.29, 0.717) is 13.0 Å². The zero-order valence-corrected chi connectivity index (χ0v) is 12.2. The molecule has 0 aromatic heterocycles. The Bertz CT molecular complexity index is 494. The molecule has 1 N–H and O–H groups in total. The second-order valence-corrected chi connectivity index (χ2v) is 6.43. The lowest BCUT2D eigenvalue weighted by Gasteiger charge is -2.11. The van der Waals surface area contributed by atoms with Crippen molar-refractivity contribution in [1.29, 1.82) is 0 Å². The molecule has 1 aromatic carbocycles. The molecule has 0 saturated carbocycles. The minimum absolute atomic E-state index is 0.0749. The summed E-state index contributed by atoms with van der Waals surface area (Å²) in [6.45, 7) is 5.81. The van der Waals surface area contributed by atoms with Crippen LogP contribution in [0.5, 0.6) is 5.75 Å². The van der Waals surface area contributed by atoms with Gasteiger partial charge in [-0.2, -0.15) is 0 Å². The van der Waals surface area contributed by atoms with Gasteiger partial charge in [0, 0.05) is 6.54 Å². The van der Waals surface area contributed by atoms with E-state index in [9.17, 15) is 8.42 Å². The molecule has 0 radical (unpaired) electrons. The van der Waals surface area contributed by atoms with Gasteiger partial charge in [0.25, 0.3) is 0 Å². The zero-order valence-electron chi connectivity index (χ0n) is 11.4. The molecular weight excluding hydrogens is 262 g/mol. The first-order valence-corrected chi connectivity index (χ1v) is 7.83. The molecule has 1 rings (SSSR count). The van der Waals surface area contributed by atoms with Gasteiger partial charge in [0.15, 0.2) is 0 Å². The highest BCUT2D eigenvalue weighted by molar-refractivity contribution is 7.89. The van der Waals surface area contributed by atoms with Gasteiger partial charge < -0.3 is 4.74 Å². The van der Waals surface area contributed by atoms with Crippen molar-refractivity contribution in [1.82, 2.24) is 4.72 Å². The van der Waals surface area contributed by atoms with E-state index in [1.54, 1.807) is 13.2 Å². The molecule has 0 aliphatic rings. The summed E-state index contributed by atoms with van der Waals surface area (Å²) in [4.78, 5) is 0. The van der Waals surface area contributed by atoms with E-state index in [1.165, 1.54) is 0 Å². The van der Waals surface area contributed by atoms with Crippen LogP contribution in [-0.4, -0.2) is 21.3 Å². The van der Waals surface area contributed by atoms with Crippen LogP contribution < -0.4 is 9.46 Å². The first-order chi connectivity index (χ1) is 8.96. The van der Waals surface area contributed by atoms with Crippen LogP contribution >= 0.6 is 0 Å². The molecule has 19 heavy (non-hydrogen) atoms. The summed E-state index contributed by atoms with van der Waals surface area (Å²) in [5.41, 5.74) is 0.903.